The van der Waals surface area contributed by atoms with Crippen LogP contribution in [0.5, 0.6) is 5.75 Å². The quantitative estimate of drug-likeness (QED) is 0.0705. The van der Waals surface area contributed by atoms with Crippen molar-refractivity contribution < 1.29 is 43.8 Å². The highest BCUT2D eigenvalue weighted by molar-refractivity contribution is 5.96. The van der Waals surface area contributed by atoms with Crippen LogP contribution in [0.4, 0.5) is 4.79 Å². The zero-order chi connectivity index (χ0) is 45.1. The fourth-order valence-electron chi connectivity index (χ4n) is 6.61. The SMILES string of the molecule is CC[C@H](C)[C@@H]1NC(=O)C(NC(=O)N[C@@H](CCCN=C(N)N)C(=O)O)CCCCNC(=O)[C@H](Cc2ccccc2)NC(=O)[C@H](C)N(C)C(=O)C(CCc2ccc(O)cc2)NC1=O. The Morgan fingerprint density at radius 1 is 0.902 bits per heavy atom. The molecule has 0 radical (unpaired) electrons. The molecule has 1 fully saturated rings. The fourth-order valence-corrected chi connectivity index (χ4v) is 6.61. The number of phenolic OH excluding ortho intramolecular Hbond substituents is 1. The molecular weight excluding hydrogens is 789 g/mol. The number of nitrogens with one attached hydrogen (secondary N) is 6. The molecule has 1 heterocycles. The number of urea groups is 1. The molecule has 2 unspecified atom stereocenters. The van der Waals surface area contributed by atoms with Crippen molar-refractivity contribution in [3.05, 3.63) is 65.7 Å². The lowest BCUT2D eigenvalue weighted by Gasteiger charge is -2.32. The number of guanidine groups is 1. The molecule has 7 amide bonds. The van der Waals surface area contributed by atoms with Gasteiger partial charge in [0, 0.05) is 26.6 Å². The molecule has 61 heavy (non-hydrogen) atoms. The number of aryl methyl sites for hydroxylation is 1. The lowest BCUT2D eigenvalue weighted by Crippen LogP contribution is -2.60. The van der Waals surface area contributed by atoms with Gasteiger partial charge in [0.1, 0.15) is 42.0 Å². The van der Waals surface area contributed by atoms with E-state index in [9.17, 15) is 43.8 Å². The average molecular weight is 851 g/mol. The third-order valence-electron chi connectivity index (χ3n) is 10.7. The average Bonchev–Trinajstić information content (AvgIpc) is 3.23. The molecule has 2 aromatic carbocycles. The van der Waals surface area contributed by atoms with Gasteiger partial charge in [-0.1, -0.05) is 62.7 Å². The number of nitrogens with zero attached hydrogens (tertiary/aromatic N) is 2. The number of carboxylic acid groups (broad SMARTS) is 1. The smallest absolute Gasteiger partial charge is 0.326 e. The zero-order valence-corrected chi connectivity index (χ0v) is 35.3. The minimum absolute atomic E-state index is 0.0152. The van der Waals surface area contributed by atoms with Crippen LogP contribution in [0.2, 0.25) is 0 Å². The summed E-state index contributed by atoms with van der Waals surface area (Å²) >= 11 is 0. The van der Waals surface area contributed by atoms with E-state index in [2.05, 4.69) is 36.9 Å². The Balaban J connectivity index is 1.97. The van der Waals surface area contributed by atoms with E-state index in [4.69, 9.17) is 11.5 Å². The maximum absolute atomic E-state index is 14.2. The molecule has 334 valence electrons. The molecule has 0 aliphatic carbocycles. The van der Waals surface area contributed by atoms with Gasteiger partial charge in [-0.3, -0.25) is 29.0 Å². The third kappa shape index (κ3) is 16.3. The number of carbonyl (C=O) groups is 7. The molecule has 1 aliphatic heterocycles. The van der Waals surface area contributed by atoms with E-state index >= 15 is 0 Å². The maximum Gasteiger partial charge on any atom is 0.326 e. The number of rotatable bonds is 14. The predicted octanol–water partition coefficient (Wildman–Crippen LogP) is 0.390. The topological polar surface area (TPSA) is 300 Å². The van der Waals surface area contributed by atoms with Crippen molar-refractivity contribution in [1.82, 2.24) is 36.8 Å². The van der Waals surface area contributed by atoms with E-state index in [1.54, 1.807) is 19.1 Å². The highest BCUT2D eigenvalue weighted by Gasteiger charge is 2.36. The summed E-state index contributed by atoms with van der Waals surface area (Å²) in [5, 5.41) is 35.7. The van der Waals surface area contributed by atoms with Crippen molar-refractivity contribution in [1.29, 1.82) is 0 Å². The van der Waals surface area contributed by atoms with Gasteiger partial charge in [-0.15, -0.1) is 0 Å². The van der Waals surface area contributed by atoms with Gasteiger partial charge in [-0.05, 0) is 81.0 Å². The number of hydrogen-bond donors (Lipinski definition) is 10. The van der Waals surface area contributed by atoms with Crippen molar-refractivity contribution in [2.75, 3.05) is 20.1 Å². The molecular formula is C42H62N10O9. The van der Waals surface area contributed by atoms with E-state index in [1.165, 1.54) is 31.0 Å². The van der Waals surface area contributed by atoms with Crippen molar-refractivity contribution in [3.63, 3.8) is 0 Å². The molecule has 0 bridgehead atoms. The molecule has 0 aromatic heterocycles. The van der Waals surface area contributed by atoms with Crippen LogP contribution in [-0.2, 0) is 41.6 Å². The van der Waals surface area contributed by atoms with Crippen LogP contribution in [0.25, 0.3) is 0 Å². The number of carboxylic acids is 1. The molecule has 7 atom stereocenters. The number of phenols is 1. The van der Waals surface area contributed by atoms with Crippen molar-refractivity contribution in [2.24, 2.45) is 22.4 Å². The number of aromatic hydroxyl groups is 1. The molecule has 12 N–H and O–H groups in total. The van der Waals surface area contributed by atoms with E-state index in [-0.39, 0.29) is 63.3 Å². The maximum atomic E-state index is 14.2. The van der Waals surface area contributed by atoms with Gasteiger partial charge < -0.3 is 58.5 Å². The Morgan fingerprint density at radius 2 is 1.57 bits per heavy atom. The summed E-state index contributed by atoms with van der Waals surface area (Å²) in [6.07, 6.45) is 1.85. The molecule has 1 aliphatic rings. The number of likely N-dealkylation sites (N-methyl/N-ethyl adjacent to an activating group) is 1. The first kappa shape index (κ1) is 49.0. The minimum Gasteiger partial charge on any atom is -0.508 e. The summed E-state index contributed by atoms with van der Waals surface area (Å²) < 4.78 is 0. The summed E-state index contributed by atoms with van der Waals surface area (Å²) in [5.74, 6) is -4.96. The van der Waals surface area contributed by atoms with Gasteiger partial charge in [-0.2, -0.15) is 0 Å². The second kappa shape index (κ2) is 24.6. The second-order valence-corrected chi connectivity index (χ2v) is 15.3. The molecule has 0 saturated carbocycles. The van der Waals surface area contributed by atoms with Gasteiger partial charge in [0.15, 0.2) is 5.96 Å². The Hall–Kier alpha value is -6.40. The highest BCUT2D eigenvalue weighted by atomic mass is 16.4. The molecule has 3 rings (SSSR count). The monoisotopic (exact) mass is 850 g/mol. The van der Waals surface area contributed by atoms with Crippen LogP contribution < -0.4 is 43.4 Å². The van der Waals surface area contributed by atoms with Crippen LogP contribution >= 0.6 is 0 Å². The summed E-state index contributed by atoms with van der Waals surface area (Å²) in [7, 11) is 1.43. The van der Waals surface area contributed by atoms with E-state index < -0.39 is 83.7 Å². The van der Waals surface area contributed by atoms with Crippen molar-refractivity contribution in [2.45, 2.75) is 115 Å². The standard InChI is InChI=1S/C42H62N10O9/c1-5-25(2)34-38(57)47-31(21-18-27-16-19-29(53)20-17-27)39(58)52(4)26(3)35(54)48-33(24-28-12-7-6-8-13-28)36(55)45-22-10-9-14-30(37(56)51-34)49-42(61)50-32(40(59)60)15-11-23-46-41(43)44/h6-8,12-13,16-17,19-20,25-26,30-34,53H,5,9-11,14-15,18,21-24H2,1-4H3,(H,45,55)(H,47,57)(H,48,54)(H,51,56)(H,59,60)(H4,43,44,46)(H2,49,50,61)/t25-,26-,30?,31?,32-,33-,34-/m0/s1. The van der Waals surface area contributed by atoms with Gasteiger partial charge in [-0.25, -0.2) is 9.59 Å². The van der Waals surface area contributed by atoms with E-state index in [1.807, 2.05) is 37.3 Å². The normalized spacial score (nSPS) is 22.1. The highest BCUT2D eigenvalue weighted by Crippen LogP contribution is 2.16. The van der Waals surface area contributed by atoms with Gasteiger partial charge in [0.05, 0.1) is 0 Å². The first-order valence-corrected chi connectivity index (χ1v) is 20.6. The number of aliphatic carboxylic acids is 1. The first-order valence-electron chi connectivity index (χ1n) is 20.6. The number of benzene rings is 2. The molecule has 19 heteroatoms. The van der Waals surface area contributed by atoms with Crippen LogP contribution in [0.3, 0.4) is 0 Å². The summed E-state index contributed by atoms with van der Waals surface area (Å²) in [6.45, 7) is 5.36. The van der Waals surface area contributed by atoms with Crippen LogP contribution in [0.15, 0.2) is 59.6 Å². The molecule has 0 spiro atoms. The number of carbonyl (C=O) groups excluding carboxylic acids is 6. The van der Waals surface area contributed by atoms with Crippen LogP contribution in [-0.4, -0.2) is 119 Å². The largest absolute Gasteiger partial charge is 0.508 e. The minimum atomic E-state index is -1.34. The second-order valence-electron chi connectivity index (χ2n) is 15.3. The Morgan fingerprint density at radius 3 is 2.21 bits per heavy atom. The van der Waals surface area contributed by atoms with Gasteiger partial charge >= 0.3 is 12.0 Å². The number of aliphatic imine (C=N–C) groups is 1. The van der Waals surface area contributed by atoms with Gasteiger partial charge in [0.2, 0.25) is 29.5 Å². The van der Waals surface area contributed by atoms with Crippen molar-refractivity contribution >= 4 is 47.5 Å². The first-order chi connectivity index (χ1) is 29.0. The Bertz CT molecular complexity index is 1820. The van der Waals surface area contributed by atoms with E-state index in [0.717, 1.165) is 11.1 Å². The summed E-state index contributed by atoms with van der Waals surface area (Å²) in [4.78, 5) is 100. The van der Waals surface area contributed by atoms with E-state index in [0.29, 0.717) is 19.3 Å². The molecule has 19 nitrogen and oxygen atoms in total. The lowest BCUT2D eigenvalue weighted by molar-refractivity contribution is -0.142. The Labute approximate surface area is 356 Å². The molecule has 2 aromatic rings. The third-order valence-corrected chi connectivity index (χ3v) is 10.7. The molecule has 1 saturated heterocycles. The number of nitrogens with two attached hydrogens (primary N) is 2. The van der Waals surface area contributed by atoms with Crippen molar-refractivity contribution in [3.8, 4) is 5.75 Å². The van der Waals surface area contributed by atoms with Crippen LogP contribution in [0, 0.1) is 5.92 Å². The number of amides is 7. The summed E-state index contributed by atoms with van der Waals surface area (Å²) in [6, 6.07) is 7.46. The predicted molar refractivity (Wildman–Crippen MR) is 228 cm³/mol. The lowest BCUT2D eigenvalue weighted by atomic mass is 9.96. The number of hydrogen-bond acceptors (Lipinski definition) is 9. The summed E-state index contributed by atoms with van der Waals surface area (Å²) in [5.41, 5.74) is 12.2. The Kier molecular flexibility index (Phi) is 19.8. The van der Waals surface area contributed by atoms with Crippen LogP contribution in [0.1, 0.15) is 76.8 Å². The zero-order valence-electron chi connectivity index (χ0n) is 35.3. The fraction of sp³-hybridized carbons (Fsp3) is 0.524. The van der Waals surface area contributed by atoms with Gasteiger partial charge in [0.25, 0.3) is 0 Å².